The Labute approximate surface area is 118 Å². The Balaban J connectivity index is 2.11. The van der Waals surface area contributed by atoms with Crippen molar-refractivity contribution in [1.82, 2.24) is 9.97 Å². The minimum absolute atomic E-state index is 0.0574. The summed E-state index contributed by atoms with van der Waals surface area (Å²) >= 11 is 0. The fraction of sp³-hybridized carbons (Fsp3) is 0.267. The lowest BCUT2D eigenvalue weighted by Crippen LogP contribution is -2.11. The second-order valence-corrected chi connectivity index (χ2v) is 4.85. The Morgan fingerprint density at radius 3 is 2.35 bits per heavy atom. The van der Waals surface area contributed by atoms with Gasteiger partial charge in [-0.05, 0) is 45.0 Å². The van der Waals surface area contributed by atoms with Gasteiger partial charge in [-0.3, -0.25) is 4.79 Å². The Hall–Kier alpha value is -2.43. The summed E-state index contributed by atoms with van der Waals surface area (Å²) in [4.78, 5) is 19.5. The highest BCUT2D eigenvalue weighted by Gasteiger charge is 2.02. The fourth-order valence-electron chi connectivity index (χ4n) is 1.74. The van der Waals surface area contributed by atoms with Crippen molar-refractivity contribution in [3.05, 3.63) is 42.2 Å². The minimum Gasteiger partial charge on any atom is -0.368 e. The Morgan fingerprint density at radius 2 is 1.75 bits per heavy atom. The van der Waals surface area contributed by atoms with Gasteiger partial charge in [-0.15, -0.1) is 0 Å². The third-order valence-corrected chi connectivity index (χ3v) is 2.67. The highest BCUT2D eigenvalue weighted by Crippen LogP contribution is 2.17. The van der Waals surface area contributed by atoms with E-state index in [4.69, 9.17) is 0 Å². The van der Waals surface area contributed by atoms with E-state index in [1.807, 2.05) is 18.2 Å². The van der Waals surface area contributed by atoms with Crippen molar-refractivity contribution in [3.63, 3.8) is 0 Å². The number of nitrogens with one attached hydrogen (secondary N) is 2. The predicted molar refractivity (Wildman–Crippen MR) is 80.5 cm³/mol. The van der Waals surface area contributed by atoms with Gasteiger partial charge in [-0.1, -0.05) is 0 Å². The molecule has 1 aromatic carbocycles. The standard InChI is InChI=1S/C15H18N4O/c1-10(2)18-14-8-15(17-9-16-14)19-13-6-4-12(5-7-13)11(3)20/h4-10H,1-3H3,(H2,16,17,18,19). The number of nitrogens with zero attached hydrogens (tertiary/aromatic N) is 2. The van der Waals surface area contributed by atoms with E-state index >= 15 is 0 Å². The molecule has 0 spiro atoms. The van der Waals surface area contributed by atoms with Gasteiger partial charge < -0.3 is 10.6 Å². The highest BCUT2D eigenvalue weighted by atomic mass is 16.1. The molecule has 104 valence electrons. The number of rotatable bonds is 5. The molecule has 2 rings (SSSR count). The average Bonchev–Trinajstić information content (AvgIpc) is 2.39. The first-order valence-corrected chi connectivity index (χ1v) is 6.51. The van der Waals surface area contributed by atoms with Gasteiger partial charge >= 0.3 is 0 Å². The van der Waals surface area contributed by atoms with Gasteiger partial charge in [0.05, 0.1) is 0 Å². The average molecular weight is 270 g/mol. The molecular weight excluding hydrogens is 252 g/mol. The summed E-state index contributed by atoms with van der Waals surface area (Å²) < 4.78 is 0. The maximum absolute atomic E-state index is 11.2. The van der Waals surface area contributed by atoms with Crippen molar-refractivity contribution in [2.24, 2.45) is 0 Å². The quantitative estimate of drug-likeness (QED) is 0.816. The van der Waals surface area contributed by atoms with E-state index in [9.17, 15) is 4.79 Å². The molecule has 1 aromatic heterocycles. The summed E-state index contributed by atoms with van der Waals surface area (Å²) in [6.07, 6.45) is 1.51. The SMILES string of the molecule is CC(=O)c1ccc(Nc2cc(NC(C)C)ncn2)cc1. The zero-order valence-electron chi connectivity index (χ0n) is 11.8. The van der Waals surface area contributed by atoms with Crippen molar-refractivity contribution >= 4 is 23.1 Å². The number of carbonyl (C=O) groups is 1. The van der Waals surface area contributed by atoms with E-state index < -0.39 is 0 Å². The molecule has 2 N–H and O–H groups in total. The van der Waals surface area contributed by atoms with Crippen LogP contribution in [0.25, 0.3) is 0 Å². The molecule has 0 aliphatic heterocycles. The van der Waals surface area contributed by atoms with E-state index in [1.54, 1.807) is 19.1 Å². The number of aromatic nitrogens is 2. The molecule has 0 bridgehead atoms. The van der Waals surface area contributed by atoms with Gasteiger partial charge in [0.15, 0.2) is 5.78 Å². The summed E-state index contributed by atoms with van der Waals surface area (Å²) in [6, 6.07) is 9.45. The molecule has 0 radical (unpaired) electrons. The van der Waals surface area contributed by atoms with Crippen LogP contribution in [0, 0.1) is 0 Å². The molecule has 0 fully saturated rings. The second kappa shape index (κ2) is 6.14. The third kappa shape index (κ3) is 3.78. The molecule has 0 saturated heterocycles. The Bertz CT molecular complexity index is 593. The van der Waals surface area contributed by atoms with Crippen LogP contribution in [0.4, 0.5) is 17.3 Å². The van der Waals surface area contributed by atoms with Crippen LogP contribution in [0.1, 0.15) is 31.1 Å². The van der Waals surface area contributed by atoms with Gasteiger partial charge in [0, 0.05) is 23.4 Å². The molecule has 5 heteroatoms. The summed E-state index contributed by atoms with van der Waals surface area (Å²) in [5, 5.41) is 6.40. The lowest BCUT2D eigenvalue weighted by molar-refractivity contribution is 0.101. The van der Waals surface area contributed by atoms with Crippen LogP contribution >= 0.6 is 0 Å². The monoisotopic (exact) mass is 270 g/mol. The normalized spacial score (nSPS) is 10.4. The van der Waals surface area contributed by atoms with E-state index in [0.29, 0.717) is 17.4 Å². The molecular formula is C15H18N4O. The molecule has 5 nitrogen and oxygen atoms in total. The number of ketones is 1. The van der Waals surface area contributed by atoms with Crippen LogP contribution in [-0.4, -0.2) is 21.8 Å². The van der Waals surface area contributed by atoms with E-state index in [1.165, 1.54) is 6.33 Å². The first-order valence-electron chi connectivity index (χ1n) is 6.51. The zero-order chi connectivity index (χ0) is 14.5. The van der Waals surface area contributed by atoms with Crippen molar-refractivity contribution in [3.8, 4) is 0 Å². The lowest BCUT2D eigenvalue weighted by atomic mass is 10.1. The van der Waals surface area contributed by atoms with Gasteiger partial charge in [-0.25, -0.2) is 9.97 Å². The van der Waals surface area contributed by atoms with Crippen molar-refractivity contribution in [2.45, 2.75) is 26.8 Å². The van der Waals surface area contributed by atoms with Crippen LogP contribution in [-0.2, 0) is 0 Å². The maximum atomic E-state index is 11.2. The topological polar surface area (TPSA) is 66.9 Å². The van der Waals surface area contributed by atoms with Crippen LogP contribution in [0.15, 0.2) is 36.7 Å². The van der Waals surface area contributed by atoms with Gasteiger partial charge in [0.1, 0.15) is 18.0 Å². The van der Waals surface area contributed by atoms with Crippen LogP contribution < -0.4 is 10.6 Å². The Kier molecular flexibility index (Phi) is 4.30. The largest absolute Gasteiger partial charge is 0.368 e. The van der Waals surface area contributed by atoms with E-state index in [0.717, 1.165) is 11.5 Å². The summed E-state index contributed by atoms with van der Waals surface area (Å²) in [5.41, 5.74) is 1.57. The maximum Gasteiger partial charge on any atom is 0.159 e. The molecule has 0 saturated carbocycles. The fourth-order valence-corrected chi connectivity index (χ4v) is 1.74. The molecule has 0 aliphatic carbocycles. The van der Waals surface area contributed by atoms with Crippen LogP contribution in [0.5, 0.6) is 0 Å². The van der Waals surface area contributed by atoms with Crippen LogP contribution in [0.3, 0.4) is 0 Å². The molecule has 20 heavy (non-hydrogen) atoms. The van der Waals surface area contributed by atoms with Crippen molar-refractivity contribution in [2.75, 3.05) is 10.6 Å². The van der Waals surface area contributed by atoms with Gasteiger partial charge in [-0.2, -0.15) is 0 Å². The molecule has 0 aliphatic rings. The van der Waals surface area contributed by atoms with Gasteiger partial charge in [0.2, 0.25) is 0 Å². The van der Waals surface area contributed by atoms with E-state index in [2.05, 4.69) is 34.4 Å². The summed E-state index contributed by atoms with van der Waals surface area (Å²) in [7, 11) is 0. The number of carbonyl (C=O) groups excluding carboxylic acids is 1. The predicted octanol–water partition coefficient (Wildman–Crippen LogP) is 3.24. The molecule has 1 heterocycles. The third-order valence-electron chi connectivity index (χ3n) is 2.67. The zero-order valence-corrected chi connectivity index (χ0v) is 11.8. The van der Waals surface area contributed by atoms with Crippen LogP contribution in [0.2, 0.25) is 0 Å². The smallest absolute Gasteiger partial charge is 0.159 e. The number of benzene rings is 1. The molecule has 0 amide bonds. The Morgan fingerprint density at radius 1 is 1.10 bits per heavy atom. The van der Waals surface area contributed by atoms with Gasteiger partial charge in [0.25, 0.3) is 0 Å². The number of anilines is 3. The number of Topliss-reactive ketones (excluding diaryl/α,β-unsaturated/α-hetero) is 1. The number of hydrogen-bond donors (Lipinski definition) is 2. The highest BCUT2D eigenvalue weighted by molar-refractivity contribution is 5.94. The van der Waals surface area contributed by atoms with E-state index in [-0.39, 0.29) is 5.78 Å². The first kappa shape index (κ1) is 14.0. The molecule has 2 aromatic rings. The molecule has 0 atom stereocenters. The summed E-state index contributed by atoms with van der Waals surface area (Å²) in [5.74, 6) is 1.54. The lowest BCUT2D eigenvalue weighted by Gasteiger charge is -2.10. The van der Waals surface area contributed by atoms with Crippen molar-refractivity contribution < 1.29 is 4.79 Å². The first-order chi connectivity index (χ1) is 9.54. The summed E-state index contributed by atoms with van der Waals surface area (Å²) in [6.45, 7) is 5.65. The van der Waals surface area contributed by atoms with Crippen molar-refractivity contribution in [1.29, 1.82) is 0 Å². The molecule has 0 unspecified atom stereocenters. The second-order valence-electron chi connectivity index (χ2n) is 4.85. The minimum atomic E-state index is 0.0574. The number of hydrogen-bond acceptors (Lipinski definition) is 5.